The molecule has 0 aliphatic heterocycles. The average Bonchev–Trinajstić information content (AvgIpc) is 3.49. The van der Waals surface area contributed by atoms with Gasteiger partial charge in [0.25, 0.3) is 0 Å². The predicted molar refractivity (Wildman–Crippen MR) is 103 cm³/mol. The van der Waals surface area contributed by atoms with Gasteiger partial charge in [-0.15, -0.1) is 0 Å². The number of rotatable bonds is 7. The molecule has 28 heavy (non-hydrogen) atoms. The van der Waals surface area contributed by atoms with E-state index in [1.54, 1.807) is 42.8 Å². The average molecular weight is 383 g/mol. The van der Waals surface area contributed by atoms with Crippen LogP contribution in [0.2, 0.25) is 0 Å². The SMILES string of the molecule is COC(=O)c1c(C)c(C(=O)CN(Cc2cccnc2)C(=O)C2CC2)c(C)n1C. The van der Waals surface area contributed by atoms with E-state index in [1.807, 2.05) is 12.1 Å². The molecule has 148 valence electrons. The van der Waals surface area contributed by atoms with Crippen LogP contribution in [-0.4, -0.2) is 45.8 Å². The number of carbonyl (C=O) groups is 3. The summed E-state index contributed by atoms with van der Waals surface area (Å²) < 4.78 is 6.51. The second-order valence-electron chi connectivity index (χ2n) is 7.24. The van der Waals surface area contributed by atoms with Gasteiger partial charge in [-0.1, -0.05) is 6.07 Å². The molecule has 3 rings (SSSR count). The van der Waals surface area contributed by atoms with Gasteiger partial charge in [-0.2, -0.15) is 0 Å². The quantitative estimate of drug-likeness (QED) is 0.542. The smallest absolute Gasteiger partial charge is 0.354 e. The Kier molecular flexibility index (Phi) is 5.63. The molecule has 0 saturated heterocycles. The second-order valence-corrected chi connectivity index (χ2v) is 7.24. The summed E-state index contributed by atoms with van der Waals surface area (Å²) in [5.41, 5.74) is 2.97. The van der Waals surface area contributed by atoms with Gasteiger partial charge < -0.3 is 14.2 Å². The van der Waals surface area contributed by atoms with Crippen molar-refractivity contribution in [3.8, 4) is 0 Å². The minimum atomic E-state index is -0.483. The number of nitrogens with zero attached hydrogens (tertiary/aromatic N) is 3. The van der Waals surface area contributed by atoms with Crippen molar-refractivity contribution >= 4 is 17.7 Å². The van der Waals surface area contributed by atoms with Gasteiger partial charge >= 0.3 is 5.97 Å². The fraction of sp³-hybridized carbons (Fsp3) is 0.429. The first-order chi connectivity index (χ1) is 13.3. The number of hydrogen-bond acceptors (Lipinski definition) is 5. The number of carbonyl (C=O) groups excluding carboxylic acids is 3. The Hall–Kier alpha value is -2.96. The summed E-state index contributed by atoms with van der Waals surface area (Å²) in [6.45, 7) is 3.84. The molecule has 1 saturated carbocycles. The monoisotopic (exact) mass is 383 g/mol. The Morgan fingerprint density at radius 2 is 2.00 bits per heavy atom. The molecule has 0 unspecified atom stereocenters. The highest BCUT2D eigenvalue weighted by atomic mass is 16.5. The molecule has 0 spiro atoms. The molecule has 2 aromatic heterocycles. The molecule has 7 heteroatoms. The summed E-state index contributed by atoms with van der Waals surface area (Å²) >= 11 is 0. The third-order valence-electron chi connectivity index (χ3n) is 5.26. The highest BCUT2D eigenvalue weighted by Crippen LogP contribution is 2.32. The van der Waals surface area contributed by atoms with E-state index in [2.05, 4.69) is 4.98 Å². The van der Waals surface area contributed by atoms with Crippen LogP contribution in [0.15, 0.2) is 24.5 Å². The molecule has 2 heterocycles. The van der Waals surface area contributed by atoms with Gasteiger partial charge in [-0.3, -0.25) is 14.6 Å². The zero-order valence-electron chi connectivity index (χ0n) is 16.7. The van der Waals surface area contributed by atoms with E-state index in [4.69, 9.17) is 4.74 Å². The number of ether oxygens (including phenoxy) is 1. The number of esters is 1. The summed E-state index contributed by atoms with van der Waals surface area (Å²) in [4.78, 5) is 43.7. The van der Waals surface area contributed by atoms with Crippen molar-refractivity contribution in [2.45, 2.75) is 33.2 Å². The number of pyridine rings is 1. The molecule has 0 N–H and O–H groups in total. The summed E-state index contributed by atoms with van der Waals surface area (Å²) in [5, 5.41) is 0. The third-order valence-corrected chi connectivity index (χ3v) is 5.26. The van der Waals surface area contributed by atoms with E-state index in [9.17, 15) is 14.4 Å². The standard InChI is InChI=1S/C21H25N3O4/c1-13-18(14(2)23(3)19(13)21(27)28-4)17(25)12-24(20(26)16-7-8-16)11-15-6-5-9-22-10-15/h5-6,9-10,16H,7-8,11-12H2,1-4H3. The zero-order chi connectivity index (χ0) is 20.4. The highest BCUT2D eigenvalue weighted by molar-refractivity contribution is 6.04. The van der Waals surface area contributed by atoms with Gasteiger partial charge in [-0.05, 0) is 43.9 Å². The van der Waals surface area contributed by atoms with Crippen molar-refractivity contribution in [2.75, 3.05) is 13.7 Å². The number of methoxy groups -OCH3 is 1. The van der Waals surface area contributed by atoms with Crippen molar-refractivity contribution in [1.82, 2.24) is 14.5 Å². The molecule has 1 aliphatic carbocycles. The molecular formula is C21H25N3O4. The number of Topliss-reactive ketones (excluding diaryl/α,β-unsaturated/α-hetero) is 1. The van der Waals surface area contributed by atoms with E-state index in [0.717, 1.165) is 18.4 Å². The Morgan fingerprint density at radius 3 is 2.57 bits per heavy atom. The van der Waals surface area contributed by atoms with Gasteiger partial charge in [0.1, 0.15) is 5.69 Å². The highest BCUT2D eigenvalue weighted by Gasteiger charge is 2.35. The van der Waals surface area contributed by atoms with Crippen LogP contribution in [0.25, 0.3) is 0 Å². The van der Waals surface area contributed by atoms with Crippen LogP contribution in [0.5, 0.6) is 0 Å². The van der Waals surface area contributed by atoms with Gasteiger partial charge in [0.15, 0.2) is 5.78 Å². The Labute approximate surface area is 164 Å². The molecule has 0 bridgehead atoms. The van der Waals surface area contributed by atoms with Gasteiger partial charge in [-0.25, -0.2) is 4.79 Å². The van der Waals surface area contributed by atoms with Crippen molar-refractivity contribution in [3.05, 3.63) is 52.6 Å². The van der Waals surface area contributed by atoms with Crippen molar-refractivity contribution < 1.29 is 19.1 Å². The lowest BCUT2D eigenvalue weighted by atomic mass is 10.0. The number of ketones is 1. The van der Waals surface area contributed by atoms with Crippen molar-refractivity contribution in [2.24, 2.45) is 13.0 Å². The first-order valence-corrected chi connectivity index (χ1v) is 9.30. The van der Waals surface area contributed by atoms with Crippen LogP contribution >= 0.6 is 0 Å². The second kappa shape index (κ2) is 7.96. The van der Waals surface area contributed by atoms with Crippen molar-refractivity contribution in [3.63, 3.8) is 0 Å². The lowest BCUT2D eigenvalue weighted by molar-refractivity contribution is -0.132. The molecule has 1 fully saturated rings. The van der Waals surface area contributed by atoms with Crippen LogP contribution in [0.4, 0.5) is 0 Å². The first kappa shape index (κ1) is 19.8. The van der Waals surface area contributed by atoms with E-state index in [-0.39, 0.29) is 24.2 Å². The molecule has 1 aliphatic rings. The number of hydrogen-bond donors (Lipinski definition) is 0. The first-order valence-electron chi connectivity index (χ1n) is 9.30. The van der Waals surface area contributed by atoms with Crippen LogP contribution in [-0.2, 0) is 23.1 Å². The fourth-order valence-corrected chi connectivity index (χ4v) is 3.54. The van der Waals surface area contributed by atoms with Crippen LogP contribution in [0, 0.1) is 19.8 Å². The Bertz CT molecular complexity index is 913. The van der Waals surface area contributed by atoms with Crippen LogP contribution in [0.3, 0.4) is 0 Å². The van der Waals surface area contributed by atoms with Gasteiger partial charge in [0.05, 0.1) is 13.7 Å². The van der Waals surface area contributed by atoms with Gasteiger partial charge in [0.2, 0.25) is 5.91 Å². The molecule has 0 radical (unpaired) electrons. The third kappa shape index (κ3) is 3.83. The zero-order valence-corrected chi connectivity index (χ0v) is 16.7. The summed E-state index contributed by atoms with van der Waals surface area (Å²) in [6.07, 6.45) is 5.11. The maximum absolute atomic E-state index is 13.1. The summed E-state index contributed by atoms with van der Waals surface area (Å²) in [5.74, 6) is -0.660. The molecule has 1 amide bonds. The van der Waals surface area contributed by atoms with E-state index in [1.165, 1.54) is 7.11 Å². The minimum absolute atomic E-state index is 0.00312. The minimum Gasteiger partial charge on any atom is -0.464 e. The van der Waals surface area contributed by atoms with Gasteiger partial charge in [0, 0.05) is 43.2 Å². The van der Waals surface area contributed by atoms with Crippen LogP contribution < -0.4 is 0 Å². The Balaban J connectivity index is 1.88. The van der Waals surface area contributed by atoms with E-state index in [0.29, 0.717) is 29.1 Å². The topological polar surface area (TPSA) is 81.5 Å². The Morgan fingerprint density at radius 1 is 1.29 bits per heavy atom. The predicted octanol–water partition coefficient (Wildman–Crippen LogP) is 2.45. The maximum atomic E-state index is 13.1. The maximum Gasteiger partial charge on any atom is 0.354 e. The normalized spacial score (nSPS) is 13.3. The number of amides is 1. The lowest BCUT2D eigenvalue weighted by Crippen LogP contribution is -2.36. The summed E-state index contributed by atoms with van der Waals surface area (Å²) in [6, 6.07) is 3.70. The summed E-state index contributed by atoms with van der Waals surface area (Å²) in [7, 11) is 3.05. The fourth-order valence-electron chi connectivity index (χ4n) is 3.54. The molecule has 7 nitrogen and oxygen atoms in total. The molecule has 2 aromatic rings. The lowest BCUT2D eigenvalue weighted by Gasteiger charge is -2.22. The van der Waals surface area contributed by atoms with Crippen LogP contribution in [0.1, 0.15) is 50.5 Å². The molecule has 0 aromatic carbocycles. The molecular weight excluding hydrogens is 358 g/mol. The van der Waals surface area contributed by atoms with E-state index < -0.39 is 5.97 Å². The largest absolute Gasteiger partial charge is 0.464 e. The molecule has 0 atom stereocenters. The van der Waals surface area contributed by atoms with E-state index >= 15 is 0 Å². The van der Waals surface area contributed by atoms with Crippen molar-refractivity contribution in [1.29, 1.82) is 0 Å². The number of aromatic nitrogens is 2.